The predicted molar refractivity (Wildman–Crippen MR) is 125 cm³/mol. The van der Waals surface area contributed by atoms with Gasteiger partial charge in [-0.1, -0.05) is 25.8 Å². The molecule has 0 bridgehead atoms. The van der Waals surface area contributed by atoms with E-state index in [1.165, 1.54) is 12.8 Å². The molecule has 1 heterocycles. The highest BCUT2D eigenvalue weighted by Gasteiger charge is 2.17. The average Bonchev–Trinajstić information content (AvgIpc) is 3.08. The van der Waals surface area contributed by atoms with Gasteiger partial charge in [-0.05, 0) is 68.7 Å². The van der Waals surface area contributed by atoms with Crippen LogP contribution in [-0.4, -0.2) is 42.5 Å². The first-order chi connectivity index (χ1) is 15.0. The van der Waals surface area contributed by atoms with Gasteiger partial charge in [-0.25, -0.2) is 0 Å². The molecule has 2 aromatic carbocycles. The van der Waals surface area contributed by atoms with E-state index in [-0.39, 0.29) is 24.5 Å². The number of carbonyl (C=O) groups excluding carboxylic acids is 2. The number of anilines is 2. The van der Waals surface area contributed by atoms with Crippen molar-refractivity contribution in [2.75, 3.05) is 30.3 Å². The van der Waals surface area contributed by atoms with Crippen LogP contribution in [0.2, 0.25) is 0 Å². The van der Waals surface area contributed by atoms with Crippen molar-refractivity contribution < 1.29 is 14.3 Å². The molecular formula is C25H33N3O3. The quantitative estimate of drug-likeness (QED) is 0.632. The van der Waals surface area contributed by atoms with Gasteiger partial charge in [0.1, 0.15) is 5.75 Å². The zero-order valence-corrected chi connectivity index (χ0v) is 18.5. The van der Waals surface area contributed by atoms with Crippen molar-refractivity contribution >= 4 is 23.2 Å². The highest BCUT2D eigenvalue weighted by Crippen LogP contribution is 2.18. The fraction of sp³-hybridized carbons (Fsp3) is 0.440. The zero-order valence-electron chi connectivity index (χ0n) is 18.5. The lowest BCUT2D eigenvalue weighted by Gasteiger charge is -2.20. The summed E-state index contributed by atoms with van der Waals surface area (Å²) in [5.74, 6) is 0.700. The van der Waals surface area contributed by atoms with Gasteiger partial charge in [0.25, 0.3) is 5.91 Å². The van der Waals surface area contributed by atoms with Gasteiger partial charge in [0.2, 0.25) is 5.91 Å². The van der Waals surface area contributed by atoms with Crippen molar-refractivity contribution in [1.82, 2.24) is 4.90 Å². The molecule has 0 aliphatic carbocycles. The highest BCUT2D eigenvalue weighted by molar-refractivity contribution is 5.96. The summed E-state index contributed by atoms with van der Waals surface area (Å²) in [7, 11) is 0. The molecule has 166 valence electrons. The zero-order chi connectivity index (χ0) is 22.1. The van der Waals surface area contributed by atoms with Crippen molar-refractivity contribution in [3.63, 3.8) is 0 Å². The molecule has 2 aromatic rings. The molecule has 0 spiro atoms. The molecule has 2 amide bonds. The fourth-order valence-electron chi connectivity index (χ4n) is 3.54. The SMILES string of the molecule is CCC(C)Oc1ccc(NC(=O)CNc2cccc(C(=O)N3CCCCCC3)c2)cc1. The molecule has 6 nitrogen and oxygen atoms in total. The lowest BCUT2D eigenvalue weighted by atomic mass is 10.1. The topological polar surface area (TPSA) is 70.7 Å². The molecule has 1 atom stereocenters. The van der Waals surface area contributed by atoms with Crippen molar-refractivity contribution in [2.24, 2.45) is 0 Å². The first kappa shape index (κ1) is 22.7. The summed E-state index contributed by atoms with van der Waals surface area (Å²) in [5, 5.41) is 5.98. The monoisotopic (exact) mass is 423 g/mol. The standard InChI is InChI=1S/C25H33N3O3/c1-3-19(2)31-23-13-11-21(12-14-23)27-24(29)18-26-22-10-8-9-20(17-22)25(30)28-15-6-4-5-7-16-28/h8-14,17,19,26H,3-7,15-16,18H2,1-2H3,(H,27,29). The number of likely N-dealkylation sites (tertiary alicyclic amines) is 1. The minimum atomic E-state index is -0.153. The fourth-order valence-corrected chi connectivity index (χ4v) is 3.54. The Morgan fingerprint density at radius 2 is 1.71 bits per heavy atom. The van der Waals surface area contributed by atoms with Gasteiger partial charge in [0, 0.05) is 30.0 Å². The molecule has 1 saturated heterocycles. The summed E-state index contributed by atoms with van der Waals surface area (Å²) in [6.45, 7) is 5.86. The highest BCUT2D eigenvalue weighted by atomic mass is 16.5. The van der Waals surface area contributed by atoms with Gasteiger partial charge in [-0.2, -0.15) is 0 Å². The third-order valence-electron chi connectivity index (χ3n) is 5.51. The van der Waals surface area contributed by atoms with E-state index in [2.05, 4.69) is 17.6 Å². The van der Waals surface area contributed by atoms with Gasteiger partial charge in [0.15, 0.2) is 0 Å². The number of hydrogen-bond donors (Lipinski definition) is 2. The van der Waals surface area contributed by atoms with Crippen molar-refractivity contribution in [2.45, 2.75) is 52.1 Å². The van der Waals surface area contributed by atoms with E-state index in [9.17, 15) is 9.59 Å². The number of nitrogens with zero attached hydrogens (tertiary/aromatic N) is 1. The van der Waals surface area contributed by atoms with Crippen LogP contribution >= 0.6 is 0 Å². The summed E-state index contributed by atoms with van der Waals surface area (Å²) in [6, 6.07) is 14.7. The summed E-state index contributed by atoms with van der Waals surface area (Å²) in [5.41, 5.74) is 2.13. The van der Waals surface area contributed by atoms with Crippen LogP contribution in [0.4, 0.5) is 11.4 Å². The molecule has 1 aliphatic rings. The third kappa shape index (κ3) is 7.02. The molecule has 3 rings (SSSR count). The molecule has 2 N–H and O–H groups in total. The van der Waals surface area contributed by atoms with E-state index < -0.39 is 0 Å². The molecular weight excluding hydrogens is 390 g/mol. The van der Waals surface area contributed by atoms with Gasteiger partial charge >= 0.3 is 0 Å². The van der Waals surface area contributed by atoms with Crippen LogP contribution in [0, 0.1) is 0 Å². The van der Waals surface area contributed by atoms with Crippen LogP contribution in [0.3, 0.4) is 0 Å². The summed E-state index contributed by atoms with van der Waals surface area (Å²) >= 11 is 0. The van der Waals surface area contributed by atoms with Crippen molar-refractivity contribution in [1.29, 1.82) is 0 Å². The first-order valence-corrected chi connectivity index (χ1v) is 11.2. The number of ether oxygens (including phenoxy) is 1. The first-order valence-electron chi connectivity index (χ1n) is 11.2. The molecule has 6 heteroatoms. The Labute approximate surface area is 185 Å². The summed E-state index contributed by atoms with van der Waals surface area (Å²) in [6.07, 6.45) is 5.60. The molecule has 0 radical (unpaired) electrons. The molecule has 1 unspecified atom stereocenters. The van der Waals surface area contributed by atoms with E-state index in [0.29, 0.717) is 11.3 Å². The number of hydrogen-bond acceptors (Lipinski definition) is 4. The van der Waals surface area contributed by atoms with E-state index in [4.69, 9.17) is 4.74 Å². The van der Waals surface area contributed by atoms with Crippen LogP contribution in [0.25, 0.3) is 0 Å². The van der Waals surface area contributed by atoms with Crippen LogP contribution in [0.1, 0.15) is 56.3 Å². The Morgan fingerprint density at radius 1 is 1.00 bits per heavy atom. The molecule has 1 aliphatic heterocycles. The summed E-state index contributed by atoms with van der Waals surface area (Å²) < 4.78 is 5.75. The van der Waals surface area contributed by atoms with E-state index in [0.717, 1.165) is 43.8 Å². The largest absolute Gasteiger partial charge is 0.491 e. The number of benzene rings is 2. The maximum Gasteiger partial charge on any atom is 0.253 e. The van der Waals surface area contributed by atoms with E-state index in [1.807, 2.05) is 60.4 Å². The van der Waals surface area contributed by atoms with Crippen LogP contribution in [0.5, 0.6) is 5.75 Å². The maximum atomic E-state index is 12.8. The van der Waals surface area contributed by atoms with Gasteiger partial charge in [-0.15, -0.1) is 0 Å². The normalized spacial score (nSPS) is 15.0. The molecule has 31 heavy (non-hydrogen) atoms. The lowest BCUT2D eigenvalue weighted by molar-refractivity contribution is -0.114. The molecule has 1 fully saturated rings. The Balaban J connectivity index is 1.51. The summed E-state index contributed by atoms with van der Waals surface area (Å²) in [4.78, 5) is 27.1. The minimum Gasteiger partial charge on any atom is -0.491 e. The average molecular weight is 424 g/mol. The Kier molecular flexibility index (Phi) is 8.33. The third-order valence-corrected chi connectivity index (χ3v) is 5.51. The van der Waals surface area contributed by atoms with E-state index >= 15 is 0 Å². The molecule has 0 saturated carbocycles. The van der Waals surface area contributed by atoms with Gasteiger partial charge < -0.3 is 20.3 Å². The number of carbonyl (C=O) groups is 2. The number of nitrogens with one attached hydrogen (secondary N) is 2. The van der Waals surface area contributed by atoms with E-state index in [1.54, 1.807) is 0 Å². The lowest BCUT2D eigenvalue weighted by Crippen LogP contribution is -2.31. The second kappa shape index (κ2) is 11.4. The van der Waals surface area contributed by atoms with Crippen molar-refractivity contribution in [3.05, 3.63) is 54.1 Å². The van der Waals surface area contributed by atoms with Crippen LogP contribution in [0.15, 0.2) is 48.5 Å². The second-order valence-corrected chi connectivity index (χ2v) is 8.05. The minimum absolute atomic E-state index is 0.0645. The Morgan fingerprint density at radius 3 is 2.39 bits per heavy atom. The van der Waals surface area contributed by atoms with Crippen LogP contribution < -0.4 is 15.4 Å². The number of rotatable bonds is 8. The Bertz CT molecular complexity index is 859. The van der Waals surface area contributed by atoms with Gasteiger partial charge in [-0.3, -0.25) is 9.59 Å². The maximum absolute atomic E-state index is 12.8. The van der Waals surface area contributed by atoms with Crippen LogP contribution in [-0.2, 0) is 4.79 Å². The smallest absolute Gasteiger partial charge is 0.253 e. The predicted octanol–water partition coefficient (Wildman–Crippen LogP) is 4.93. The second-order valence-electron chi connectivity index (χ2n) is 8.05. The molecule has 0 aromatic heterocycles. The van der Waals surface area contributed by atoms with Crippen molar-refractivity contribution in [3.8, 4) is 5.75 Å². The van der Waals surface area contributed by atoms with Gasteiger partial charge in [0.05, 0.1) is 12.6 Å². The number of amides is 2. The Hall–Kier alpha value is -3.02.